The topological polar surface area (TPSA) is 79.9 Å². The van der Waals surface area contributed by atoms with Gasteiger partial charge in [-0.1, -0.05) is 6.92 Å². The van der Waals surface area contributed by atoms with Gasteiger partial charge in [0.05, 0.1) is 6.54 Å². The van der Waals surface area contributed by atoms with Crippen LogP contribution in [-0.2, 0) is 9.59 Å². The number of likely N-dealkylation sites (N-methyl/N-ethyl adjacent to an activating group) is 1. The van der Waals surface area contributed by atoms with Crippen LogP contribution < -0.4 is 20.1 Å². The molecule has 0 saturated heterocycles. The van der Waals surface area contributed by atoms with Gasteiger partial charge in [0.1, 0.15) is 13.2 Å². The SMILES string of the molecule is CCN(CCC(=O)Nc1ccc(F)c(F)c1)CC(=O)Nc1ccc2c(c1)OCCO2. The second-order valence-corrected chi connectivity index (χ2v) is 6.70. The van der Waals surface area contributed by atoms with Crippen LogP contribution in [0.2, 0.25) is 0 Å². The highest BCUT2D eigenvalue weighted by atomic mass is 19.2. The molecule has 0 fully saturated rings. The summed E-state index contributed by atoms with van der Waals surface area (Å²) >= 11 is 0. The number of fused-ring (bicyclic) bond motifs is 1. The molecule has 0 spiro atoms. The van der Waals surface area contributed by atoms with Gasteiger partial charge in [-0.2, -0.15) is 0 Å². The maximum atomic E-state index is 13.2. The molecule has 0 unspecified atom stereocenters. The molecule has 2 amide bonds. The summed E-state index contributed by atoms with van der Waals surface area (Å²) in [4.78, 5) is 26.2. The van der Waals surface area contributed by atoms with Gasteiger partial charge in [0, 0.05) is 36.5 Å². The predicted molar refractivity (Wildman–Crippen MR) is 108 cm³/mol. The van der Waals surface area contributed by atoms with Gasteiger partial charge in [0.25, 0.3) is 0 Å². The monoisotopic (exact) mass is 419 g/mol. The van der Waals surface area contributed by atoms with E-state index in [1.165, 1.54) is 6.07 Å². The zero-order valence-electron chi connectivity index (χ0n) is 16.5. The molecule has 0 saturated carbocycles. The largest absolute Gasteiger partial charge is 0.486 e. The van der Waals surface area contributed by atoms with Crippen LogP contribution in [0.15, 0.2) is 36.4 Å². The molecule has 2 aromatic carbocycles. The van der Waals surface area contributed by atoms with Gasteiger partial charge >= 0.3 is 0 Å². The smallest absolute Gasteiger partial charge is 0.238 e. The third-order valence-corrected chi connectivity index (χ3v) is 4.50. The molecule has 160 valence electrons. The van der Waals surface area contributed by atoms with Gasteiger partial charge in [0.2, 0.25) is 11.8 Å². The van der Waals surface area contributed by atoms with Crippen LogP contribution in [0.1, 0.15) is 13.3 Å². The molecule has 0 aliphatic carbocycles. The number of nitrogens with one attached hydrogen (secondary N) is 2. The van der Waals surface area contributed by atoms with Crippen molar-refractivity contribution in [3.63, 3.8) is 0 Å². The van der Waals surface area contributed by atoms with Gasteiger partial charge in [-0.25, -0.2) is 8.78 Å². The molecule has 0 aromatic heterocycles. The van der Waals surface area contributed by atoms with E-state index in [0.29, 0.717) is 43.5 Å². The van der Waals surface area contributed by atoms with Crippen LogP contribution in [0.3, 0.4) is 0 Å². The summed E-state index contributed by atoms with van der Waals surface area (Å²) in [7, 11) is 0. The van der Waals surface area contributed by atoms with Crippen LogP contribution in [-0.4, -0.2) is 49.6 Å². The molecule has 0 atom stereocenters. The fourth-order valence-corrected chi connectivity index (χ4v) is 2.93. The van der Waals surface area contributed by atoms with Gasteiger partial charge in [-0.3, -0.25) is 14.5 Å². The number of hydrogen-bond donors (Lipinski definition) is 2. The molecule has 9 heteroatoms. The van der Waals surface area contributed by atoms with Crippen molar-refractivity contribution in [2.75, 3.05) is 43.5 Å². The second kappa shape index (κ2) is 10.0. The van der Waals surface area contributed by atoms with Crippen molar-refractivity contribution in [2.24, 2.45) is 0 Å². The minimum atomic E-state index is -1.03. The van der Waals surface area contributed by atoms with E-state index in [1.807, 2.05) is 6.92 Å². The number of rotatable bonds is 8. The van der Waals surface area contributed by atoms with E-state index >= 15 is 0 Å². The summed E-state index contributed by atoms with van der Waals surface area (Å²) in [6.45, 7) is 3.83. The lowest BCUT2D eigenvalue weighted by Gasteiger charge is -2.21. The molecule has 0 bridgehead atoms. The molecular weight excluding hydrogens is 396 g/mol. The van der Waals surface area contributed by atoms with Gasteiger partial charge in [-0.15, -0.1) is 0 Å². The summed E-state index contributed by atoms with van der Waals surface area (Å²) in [6, 6.07) is 8.34. The number of carbonyl (C=O) groups is 2. The highest BCUT2D eigenvalue weighted by Gasteiger charge is 2.15. The normalized spacial score (nSPS) is 12.5. The number of anilines is 2. The van der Waals surface area contributed by atoms with Crippen molar-refractivity contribution < 1.29 is 27.8 Å². The Labute approximate surface area is 173 Å². The lowest BCUT2D eigenvalue weighted by Crippen LogP contribution is -2.35. The Kier molecular flexibility index (Phi) is 7.18. The molecule has 1 aliphatic heterocycles. The van der Waals surface area contributed by atoms with Crippen molar-refractivity contribution >= 4 is 23.2 Å². The summed E-state index contributed by atoms with van der Waals surface area (Å²) in [5.41, 5.74) is 0.773. The third-order valence-electron chi connectivity index (χ3n) is 4.50. The quantitative estimate of drug-likeness (QED) is 0.688. The first kappa shape index (κ1) is 21.5. The van der Waals surface area contributed by atoms with E-state index in [0.717, 1.165) is 12.1 Å². The molecule has 1 heterocycles. The number of benzene rings is 2. The number of amides is 2. The fourth-order valence-electron chi connectivity index (χ4n) is 2.93. The highest BCUT2D eigenvalue weighted by Crippen LogP contribution is 2.32. The number of halogens is 2. The first-order valence-corrected chi connectivity index (χ1v) is 9.61. The Balaban J connectivity index is 1.46. The van der Waals surface area contributed by atoms with Crippen molar-refractivity contribution in [1.82, 2.24) is 4.90 Å². The fraction of sp³-hybridized carbons (Fsp3) is 0.333. The first-order valence-electron chi connectivity index (χ1n) is 9.61. The third kappa shape index (κ3) is 5.90. The van der Waals surface area contributed by atoms with E-state index in [9.17, 15) is 18.4 Å². The highest BCUT2D eigenvalue weighted by molar-refractivity contribution is 5.93. The lowest BCUT2D eigenvalue weighted by molar-refractivity contribution is -0.119. The molecular formula is C21H23F2N3O4. The van der Waals surface area contributed by atoms with Crippen molar-refractivity contribution in [2.45, 2.75) is 13.3 Å². The zero-order valence-corrected chi connectivity index (χ0v) is 16.5. The maximum absolute atomic E-state index is 13.2. The van der Waals surface area contributed by atoms with Crippen molar-refractivity contribution in [1.29, 1.82) is 0 Å². The van der Waals surface area contributed by atoms with Crippen LogP contribution in [0.4, 0.5) is 20.2 Å². The summed E-state index contributed by atoms with van der Waals surface area (Å²) in [5.74, 6) is -1.36. The summed E-state index contributed by atoms with van der Waals surface area (Å²) in [5, 5.41) is 5.31. The average molecular weight is 419 g/mol. The van der Waals surface area contributed by atoms with Gasteiger partial charge in [0.15, 0.2) is 23.1 Å². The number of ether oxygens (including phenoxy) is 2. The predicted octanol–water partition coefficient (Wildman–Crippen LogP) is 3.03. The molecule has 1 aliphatic rings. The van der Waals surface area contributed by atoms with E-state index in [-0.39, 0.29) is 30.5 Å². The van der Waals surface area contributed by atoms with Crippen LogP contribution in [0, 0.1) is 11.6 Å². The Morgan fingerprint density at radius 1 is 0.933 bits per heavy atom. The Hall–Kier alpha value is -3.20. The van der Waals surface area contributed by atoms with E-state index in [1.54, 1.807) is 23.1 Å². The lowest BCUT2D eigenvalue weighted by atomic mass is 10.2. The Morgan fingerprint density at radius 3 is 2.33 bits per heavy atom. The van der Waals surface area contributed by atoms with Crippen molar-refractivity contribution in [3.8, 4) is 11.5 Å². The van der Waals surface area contributed by atoms with Gasteiger partial charge < -0.3 is 20.1 Å². The number of carbonyl (C=O) groups excluding carboxylic acids is 2. The van der Waals surface area contributed by atoms with Gasteiger partial charge in [-0.05, 0) is 30.8 Å². The van der Waals surface area contributed by atoms with Crippen LogP contribution >= 0.6 is 0 Å². The first-order chi connectivity index (χ1) is 14.4. The van der Waals surface area contributed by atoms with Crippen LogP contribution in [0.5, 0.6) is 11.5 Å². The van der Waals surface area contributed by atoms with Crippen molar-refractivity contribution in [3.05, 3.63) is 48.0 Å². The molecule has 2 N–H and O–H groups in total. The minimum Gasteiger partial charge on any atom is -0.486 e. The summed E-state index contributed by atoms with van der Waals surface area (Å²) < 4.78 is 37.1. The zero-order chi connectivity index (χ0) is 21.5. The Morgan fingerprint density at radius 2 is 1.60 bits per heavy atom. The maximum Gasteiger partial charge on any atom is 0.238 e. The molecule has 0 radical (unpaired) electrons. The summed E-state index contributed by atoms with van der Waals surface area (Å²) in [6.07, 6.45) is 0.101. The molecule has 2 aromatic rings. The second-order valence-electron chi connectivity index (χ2n) is 6.70. The molecule has 7 nitrogen and oxygen atoms in total. The standard InChI is InChI=1S/C21H23F2N3O4/c1-2-26(8-7-20(27)24-14-3-5-16(22)17(23)11-14)13-21(28)25-15-4-6-18-19(12-15)30-10-9-29-18/h3-6,11-12H,2,7-10,13H2,1H3,(H,24,27)(H,25,28). The van der Waals surface area contributed by atoms with E-state index < -0.39 is 11.6 Å². The number of hydrogen-bond acceptors (Lipinski definition) is 5. The molecule has 3 rings (SSSR count). The molecule has 30 heavy (non-hydrogen) atoms. The minimum absolute atomic E-state index is 0.101. The van der Waals surface area contributed by atoms with E-state index in [2.05, 4.69) is 10.6 Å². The van der Waals surface area contributed by atoms with E-state index in [4.69, 9.17) is 9.47 Å². The Bertz CT molecular complexity index is 923. The average Bonchev–Trinajstić information content (AvgIpc) is 2.73. The number of nitrogens with zero attached hydrogens (tertiary/aromatic N) is 1. The van der Waals surface area contributed by atoms with Crippen LogP contribution in [0.25, 0.3) is 0 Å².